The lowest BCUT2D eigenvalue weighted by Crippen LogP contribution is -2.19. The number of aromatic amines is 1. The van der Waals surface area contributed by atoms with Gasteiger partial charge in [-0.2, -0.15) is 0 Å². The third-order valence-electron chi connectivity index (χ3n) is 3.38. The standard InChI is InChI=1S/C16H19N3OS/c1-2-21-14-7-3-11(4-8-14)16-18-13(9-15(20)19-16)10-17-12-5-6-12/h3-4,7-9,12,17H,2,5-6,10H2,1H3,(H,18,19,20). The number of benzene rings is 1. The van der Waals surface area contributed by atoms with Gasteiger partial charge in [-0.1, -0.05) is 19.1 Å². The quantitative estimate of drug-likeness (QED) is 0.806. The fraction of sp³-hybridized carbons (Fsp3) is 0.375. The molecule has 0 saturated heterocycles. The van der Waals surface area contributed by atoms with Gasteiger partial charge < -0.3 is 10.3 Å². The number of nitrogens with one attached hydrogen (secondary N) is 2. The highest BCUT2D eigenvalue weighted by Gasteiger charge is 2.20. The van der Waals surface area contributed by atoms with Crippen molar-refractivity contribution in [2.75, 3.05) is 5.75 Å². The van der Waals surface area contributed by atoms with Gasteiger partial charge in [0.05, 0.1) is 5.69 Å². The summed E-state index contributed by atoms with van der Waals surface area (Å²) in [6, 6.07) is 10.3. The van der Waals surface area contributed by atoms with E-state index in [9.17, 15) is 4.79 Å². The maximum Gasteiger partial charge on any atom is 0.251 e. The smallest absolute Gasteiger partial charge is 0.251 e. The molecule has 2 aromatic rings. The minimum absolute atomic E-state index is 0.0976. The van der Waals surface area contributed by atoms with Gasteiger partial charge >= 0.3 is 0 Å². The van der Waals surface area contributed by atoms with Crippen LogP contribution >= 0.6 is 11.8 Å². The average molecular weight is 301 g/mol. The zero-order chi connectivity index (χ0) is 14.7. The molecule has 0 spiro atoms. The number of nitrogens with zero attached hydrogens (tertiary/aromatic N) is 1. The van der Waals surface area contributed by atoms with Crippen molar-refractivity contribution in [2.24, 2.45) is 0 Å². The molecule has 0 atom stereocenters. The van der Waals surface area contributed by atoms with E-state index < -0.39 is 0 Å². The van der Waals surface area contributed by atoms with Gasteiger partial charge in [-0.3, -0.25) is 4.79 Å². The Kier molecular flexibility index (Phi) is 4.41. The van der Waals surface area contributed by atoms with Gasteiger partial charge in [-0.15, -0.1) is 11.8 Å². The van der Waals surface area contributed by atoms with Gasteiger partial charge in [0, 0.05) is 29.1 Å². The molecular formula is C16H19N3OS. The third kappa shape index (κ3) is 3.95. The molecule has 0 amide bonds. The van der Waals surface area contributed by atoms with E-state index in [1.165, 1.54) is 17.7 Å². The first-order chi connectivity index (χ1) is 10.2. The largest absolute Gasteiger partial charge is 0.308 e. The van der Waals surface area contributed by atoms with E-state index in [1.54, 1.807) is 17.8 Å². The summed E-state index contributed by atoms with van der Waals surface area (Å²) in [7, 11) is 0. The molecule has 0 unspecified atom stereocenters. The SMILES string of the molecule is CCSc1ccc(-c2nc(CNC3CC3)cc(=O)[nH]2)cc1. The Labute approximate surface area is 128 Å². The number of thioether (sulfide) groups is 1. The molecule has 0 aliphatic heterocycles. The molecule has 0 radical (unpaired) electrons. The van der Waals surface area contributed by atoms with Crippen molar-refractivity contribution in [2.45, 2.75) is 37.2 Å². The van der Waals surface area contributed by atoms with Crippen LogP contribution in [-0.2, 0) is 6.54 Å². The van der Waals surface area contributed by atoms with E-state index in [0.29, 0.717) is 18.4 Å². The fourth-order valence-corrected chi connectivity index (χ4v) is 2.81. The lowest BCUT2D eigenvalue weighted by atomic mass is 10.2. The third-order valence-corrected chi connectivity index (χ3v) is 4.28. The van der Waals surface area contributed by atoms with Crippen LogP contribution in [0.25, 0.3) is 11.4 Å². The van der Waals surface area contributed by atoms with E-state index in [1.807, 2.05) is 12.1 Å². The topological polar surface area (TPSA) is 57.8 Å². The molecule has 3 rings (SSSR count). The first kappa shape index (κ1) is 14.4. The van der Waals surface area contributed by atoms with Gasteiger partial charge in [0.2, 0.25) is 0 Å². The van der Waals surface area contributed by atoms with E-state index in [4.69, 9.17) is 0 Å². The van der Waals surface area contributed by atoms with Crippen LogP contribution in [0, 0.1) is 0 Å². The number of rotatable bonds is 6. The minimum Gasteiger partial charge on any atom is -0.308 e. The predicted octanol–water partition coefficient (Wildman–Crippen LogP) is 2.80. The highest BCUT2D eigenvalue weighted by Crippen LogP contribution is 2.22. The van der Waals surface area contributed by atoms with Gasteiger partial charge in [0.1, 0.15) is 5.82 Å². The van der Waals surface area contributed by atoms with Crippen molar-refractivity contribution in [3.8, 4) is 11.4 Å². The monoisotopic (exact) mass is 301 g/mol. The Morgan fingerprint density at radius 3 is 2.76 bits per heavy atom. The van der Waals surface area contributed by atoms with Crippen LogP contribution in [0.4, 0.5) is 0 Å². The molecule has 1 fully saturated rings. The van der Waals surface area contributed by atoms with Crippen molar-refractivity contribution in [1.82, 2.24) is 15.3 Å². The number of aromatic nitrogens is 2. The van der Waals surface area contributed by atoms with Crippen LogP contribution in [0.1, 0.15) is 25.5 Å². The molecule has 21 heavy (non-hydrogen) atoms. The van der Waals surface area contributed by atoms with Crippen LogP contribution in [0.5, 0.6) is 0 Å². The first-order valence-electron chi connectivity index (χ1n) is 7.31. The first-order valence-corrected chi connectivity index (χ1v) is 8.30. The molecule has 110 valence electrons. The van der Waals surface area contributed by atoms with Crippen molar-refractivity contribution >= 4 is 11.8 Å². The second-order valence-electron chi connectivity index (χ2n) is 5.20. The Morgan fingerprint density at radius 1 is 1.33 bits per heavy atom. The second kappa shape index (κ2) is 6.45. The van der Waals surface area contributed by atoms with Crippen LogP contribution in [0.2, 0.25) is 0 Å². The summed E-state index contributed by atoms with van der Waals surface area (Å²) in [5.74, 6) is 1.69. The molecule has 1 aromatic heterocycles. The van der Waals surface area contributed by atoms with Crippen molar-refractivity contribution in [3.05, 3.63) is 46.4 Å². The highest BCUT2D eigenvalue weighted by molar-refractivity contribution is 7.99. The van der Waals surface area contributed by atoms with Gasteiger partial charge in [0.25, 0.3) is 5.56 Å². The molecule has 4 nitrogen and oxygen atoms in total. The Morgan fingerprint density at radius 2 is 2.10 bits per heavy atom. The zero-order valence-corrected chi connectivity index (χ0v) is 12.9. The second-order valence-corrected chi connectivity index (χ2v) is 6.54. The van der Waals surface area contributed by atoms with Gasteiger partial charge in [-0.25, -0.2) is 4.98 Å². The Bertz CT molecular complexity index is 662. The zero-order valence-electron chi connectivity index (χ0n) is 12.1. The van der Waals surface area contributed by atoms with Crippen molar-refractivity contribution in [1.29, 1.82) is 0 Å². The van der Waals surface area contributed by atoms with E-state index in [0.717, 1.165) is 17.0 Å². The van der Waals surface area contributed by atoms with E-state index >= 15 is 0 Å². The number of hydrogen-bond donors (Lipinski definition) is 2. The molecule has 1 heterocycles. The Hall–Kier alpha value is -1.59. The van der Waals surface area contributed by atoms with Crippen molar-refractivity contribution < 1.29 is 0 Å². The van der Waals surface area contributed by atoms with E-state index in [-0.39, 0.29) is 5.56 Å². The number of hydrogen-bond acceptors (Lipinski definition) is 4. The summed E-state index contributed by atoms with van der Waals surface area (Å²) < 4.78 is 0. The van der Waals surface area contributed by atoms with Gasteiger partial charge in [-0.05, 0) is 30.7 Å². The molecule has 1 aliphatic carbocycles. The predicted molar refractivity (Wildman–Crippen MR) is 86.6 cm³/mol. The molecule has 2 N–H and O–H groups in total. The van der Waals surface area contributed by atoms with E-state index in [2.05, 4.69) is 34.3 Å². The van der Waals surface area contributed by atoms with Crippen LogP contribution < -0.4 is 10.9 Å². The molecule has 1 saturated carbocycles. The summed E-state index contributed by atoms with van der Waals surface area (Å²) in [5, 5.41) is 3.39. The summed E-state index contributed by atoms with van der Waals surface area (Å²) in [5.41, 5.74) is 1.65. The maximum atomic E-state index is 11.8. The average Bonchev–Trinajstić information content (AvgIpc) is 3.30. The molecule has 0 bridgehead atoms. The summed E-state index contributed by atoms with van der Waals surface area (Å²) in [4.78, 5) is 20.4. The molecule has 1 aromatic carbocycles. The highest BCUT2D eigenvalue weighted by atomic mass is 32.2. The Balaban J connectivity index is 1.80. The van der Waals surface area contributed by atoms with Crippen LogP contribution in [-0.4, -0.2) is 21.8 Å². The normalized spacial score (nSPS) is 14.3. The lowest BCUT2D eigenvalue weighted by Gasteiger charge is -2.06. The molecule has 5 heteroatoms. The minimum atomic E-state index is -0.0976. The van der Waals surface area contributed by atoms with Crippen LogP contribution in [0.3, 0.4) is 0 Å². The van der Waals surface area contributed by atoms with Crippen LogP contribution in [0.15, 0.2) is 40.0 Å². The van der Waals surface area contributed by atoms with Gasteiger partial charge in [0.15, 0.2) is 0 Å². The molecular weight excluding hydrogens is 282 g/mol. The maximum absolute atomic E-state index is 11.8. The molecule has 1 aliphatic rings. The lowest BCUT2D eigenvalue weighted by molar-refractivity contribution is 0.672. The summed E-state index contributed by atoms with van der Waals surface area (Å²) in [6.45, 7) is 2.79. The van der Waals surface area contributed by atoms with Crippen molar-refractivity contribution in [3.63, 3.8) is 0 Å². The fourth-order valence-electron chi connectivity index (χ4n) is 2.15. The summed E-state index contributed by atoms with van der Waals surface area (Å²) >= 11 is 1.80. The summed E-state index contributed by atoms with van der Waals surface area (Å²) in [6.07, 6.45) is 2.46. The number of H-pyrrole nitrogens is 1.